The van der Waals surface area contributed by atoms with Crippen molar-refractivity contribution in [3.8, 4) is 0 Å². The highest BCUT2D eigenvalue weighted by Crippen LogP contribution is 2.54. The van der Waals surface area contributed by atoms with Crippen LogP contribution < -0.4 is 21.7 Å². The number of para-hydroxylation sites is 1. The van der Waals surface area contributed by atoms with Gasteiger partial charge < -0.3 is 20.9 Å². The number of nitrogens with two attached hydrogens (primary N) is 1. The number of likely N-dealkylation sites (tertiary alicyclic amines) is 1. The van der Waals surface area contributed by atoms with Gasteiger partial charge in [-0.3, -0.25) is 20.1 Å². The van der Waals surface area contributed by atoms with Gasteiger partial charge in [-0.25, -0.2) is 0 Å². The summed E-state index contributed by atoms with van der Waals surface area (Å²) < 4.78 is 0. The first-order valence-corrected chi connectivity index (χ1v) is 13.6. The number of fused-ring (bicyclic) bond motifs is 3. The Hall–Kier alpha value is -4.95. The van der Waals surface area contributed by atoms with Crippen LogP contribution in [0.1, 0.15) is 22.3 Å². The van der Waals surface area contributed by atoms with E-state index in [2.05, 4.69) is 16.0 Å². The maximum Gasteiger partial charge on any atom is 0.265 e. The molecule has 0 aromatic heterocycles. The summed E-state index contributed by atoms with van der Waals surface area (Å²) in [7, 11) is 0. The Labute approximate surface area is 238 Å². The second-order valence-corrected chi connectivity index (χ2v) is 10.5. The van der Waals surface area contributed by atoms with Crippen LogP contribution in [0.2, 0.25) is 0 Å². The van der Waals surface area contributed by atoms with Crippen molar-refractivity contribution in [3.05, 3.63) is 138 Å². The van der Waals surface area contributed by atoms with Crippen molar-refractivity contribution >= 4 is 23.4 Å². The molecule has 0 unspecified atom stereocenters. The molecule has 6 rings (SSSR count). The molecule has 8 heteroatoms. The number of benzene rings is 4. The molecule has 5 N–H and O–H groups in total. The van der Waals surface area contributed by atoms with E-state index in [4.69, 9.17) is 5.73 Å². The Morgan fingerprint density at radius 1 is 0.732 bits per heavy atom. The van der Waals surface area contributed by atoms with E-state index in [1.165, 1.54) is 4.90 Å². The first-order valence-electron chi connectivity index (χ1n) is 13.6. The number of amides is 3. The number of hydrogen-bond acceptors (Lipinski definition) is 5. The fourth-order valence-electron chi connectivity index (χ4n) is 6.13. The van der Waals surface area contributed by atoms with Gasteiger partial charge in [0.25, 0.3) is 5.91 Å². The summed E-state index contributed by atoms with van der Waals surface area (Å²) in [5.41, 5.74) is 7.03. The molecule has 206 valence electrons. The van der Waals surface area contributed by atoms with Crippen molar-refractivity contribution in [1.82, 2.24) is 15.5 Å². The number of nitrogens with zero attached hydrogens (tertiary/aromatic N) is 1. The minimum Gasteiger partial charge on any atom is -0.358 e. The molecule has 4 aromatic carbocycles. The lowest BCUT2D eigenvalue weighted by atomic mass is 9.68. The molecule has 0 aliphatic carbocycles. The van der Waals surface area contributed by atoms with Crippen LogP contribution in [0.25, 0.3) is 0 Å². The summed E-state index contributed by atoms with van der Waals surface area (Å²) >= 11 is 0. The maximum absolute atomic E-state index is 14.5. The number of rotatable bonds is 8. The van der Waals surface area contributed by atoms with E-state index in [0.29, 0.717) is 11.3 Å². The highest BCUT2D eigenvalue weighted by Gasteiger charge is 2.77. The van der Waals surface area contributed by atoms with Gasteiger partial charge >= 0.3 is 0 Å². The van der Waals surface area contributed by atoms with Gasteiger partial charge in [0.05, 0.1) is 0 Å². The molecule has 0 spiro atoms. The Balaban J connectivity index is 1.46. The second kappa shape index (κ2) is 10.6. The normalized spacial score (nSPS) is 22.4. The van der Waals surface area contributed by atoms with Crippen molar-refractivity contribution in [2.45, 2.75) is 36.8 Å². The highest BCUT2D eigenvalue weighted by atomic mass is 16.2. The Bertz CT molecular complexity index is 1580. The van der Waals surface area contributed by atoms with Crippen LogP contribution in [0.4, 0.5) is 5.69 Å². The number of hydrogen-bond donors (Lipinski definition) is 4. The van der Waals surface area contributed by atoms with Gasteiger partial charge in [-0.15, -0.1) is 0 Å². The van der Waals surface area contributed by atoms with Crippen LogP contribution in [-0.4, -0.2) is 34.3 Å². The third kappa shape index (κ3) is 4.33. The van der Waals surface area contributed by atoms with Gasteiger partial charge in [0.1, 0.15) is 6.04 Å². The summed E-state index contributed by atoms with van der Waals surface area (Å²) in [6.07, 6.45) is 0. The van der Waals surface area contributed by atoms with Gasteiger partial charge in [-0.1, -0.05) is 109 Å². The summed E-state index contributed by atoms with van der Waals surface area (Å²) in [5, 5.41) is 9.17. The summed E-state index contributed by atoms with van der Waals surface area (Å²) in [5.74, 6) is -1.48. The zero-order valence-corrected chi connectivity index (χ0v) is 22.4. The van der Waals surface area contributed by atoms with E-state index in [9.17, 15) is 14.4 Å². The third-order valence-corrected chi connectivity index (χ3v) is 8.03. The van der Waals surface area contributed by atoms with E-state index >= 15 is 0 Å². The lowest BCUT2D eigenvalue weighted by Gasteiger charge is -2.37. The van der Waals surface area contributed by atoms with E-state index in [0.717, 1.165) is 16.7 Å². The molecule has 0 radical (unpaired) electrons. The van der Waals surface area contributed by atoms with Crippen molar-refractivity contribution < 1.29 is 14.4 Å². The molecule has 0 saturated carbocycles. The number of nitrogens with one attached hydrogen (secondary N) is 3. The molecular formula is C33H31N5O3. The zero-order chi connectivity index (χ0) is 28.5. The first-order chi connectivity index (χ1) is 19.9. The van der Waals surface area contributed by atoms with E-state index in [1.807, 2.05) is 97.1 Å². The quantitative estimate of drug-likeness (QED) is 0.272. The van der Waals surface area contributed by atoms with Gasteiger partial charge in [0, 0.05) is 25.3 Å². The van der Waals surface area contributed by atoms with Crippen molar-refractivity contribution in [2.75, 3.05) is 5.32 Å². The number of carbonyl (C=O) groups is 3. The van der Waals surface area contributed by atoms with E-state index < -0.39 is 34.8 Å². The fraction of sp³-hybridized carbons (Fsp3) is 0.182. The van der Waals surface area contributed by atoms with Gasteiger partial charge in [0.2, 0.25) is 11.8 Å². The molecule has 2 aliphatic rings. The number of carbonyl (C=O) groups excluding carboxylic acids is 3. The average molecular weight is 546 g/mol. The molecule has 1 saturated heterocycles. The van der Waals surface area contributed by atoms with Gasteiger partial charge in [-0.2, -0.15) is 0 Å². The predicted molar refractivity (Wildman–Crippen MR) is 156 cm³/mol. The standard InChI is InChI=1S/C33H31N5O3/c34-33-31(41)38(22-25-16-8-3-9-17-25)28(29(39)35-20-23-12-4-1-5-13-23)32(33,26-18-10-11-19-27(26)37-33)30(40)36-21-24-14-6-2-7-15-24/h1-19,28,37H,20-22,34H2,(H,35,39)(H,36,40)/t28-,32-,33+/m0/s1. The molecule has 3 atom stereocenters. The van der Waals surface area contributed by atoms with E-state index in [1.54, 1.807) is 18.2 Å². The summed E-state index contributed by atoms with van der Waals surface area (Å²) in [6.45, 7) is 0.558. The minimum absolute atomic E-state index is 0.111. The Kier molecular flexibility index (Phi) is 6.77. The van der Waals surface area contributed by atoms with Gasteiger partial charge in [-0.05, 0) is 28.3 Å². The molecule has 0 bridgehead atoms. The molecule has 8 nitrogen and oxygen atoms in total. The Morgan fingerprint density at radius 3 is 1.85 bits per heavy atom. The monoisotopic (exact) mass is 545 g/mol. The van der Waals surface area contributed by atoms with Crippen molar-refractivity contribution in [3.63, 3.8) is 0 Å². The summed E-state index contributed by atoms with van der Waals surface area (Å²) in [4.78, 5) is 44.6. The summed E-state index contributed by atoms with van der Waals surface area (Å²) in [6, 6.07) is 34.3. The average Bonchev–Trinajstić information content (AvgIpc) is 3.38. The van der Waals surface area contributed by atoms with Crippen LogP contribution in [0, 0.1) is 0 Å². The van der Waals surface area contributed by atoms with Crippen molar-refractivity contribution in [2.24, 2.45) is 5.73 Å². The third-order valence-electron chi connectivity index (χ3n) is 8.03. The molecule has 2 heterocycles. The first kappa shape index (κ1) is 26.3. The minimum atomic E-state index is -1.89. The van der Waals surface area contributed by atoms with Gasteiger partial charge in [0.15, 0.2) is 11.1 Å². The number of anilines is 1. The molecule has 3 amide bonds. The fourth-order valence-corrected chi connectivity index (χ4v) is 6.13. The molecule has 1 fully saturated rings. The highest BCUT2D eigenvalue weighted by molar-refractivity contribution is 6.14. The second-order valence-electron chi connectivity index (χ2n) is 10.5. The topological polar surface area (TPSA) is 117 Å². The maximum atomic E-state index is 14.5. The predicted octanol–water partition coefficient (Wildman–Crippen LogP) is 3.05. The smallest absolute Gasteiger partial charge is 0.265 e. The van der Waals surface area contributed by atoms with Crippen LogP contribution in [0.3, 0.4) is 0 Å². The van der Waals surface area contributed by atoms with Crippen LogP contribution in [0.15, 0.2) is 115 Å². The molecule has 2 aliphatic heterocycles. The molecule has 4 aromatic rings. The SMILES string of the molecule is N[C@]12Nc3ccccc3[C@@]1(C(=O)NCc1ccccc1)[C@H](C(=O)NCc1ccccc1)N(Cc1ccccc1)C2=O. The Morgan fingerprint density at radius 2 is 1.24 bits per heavy atom. The molecular weight excluding hydrogens is 514 g/mol. The van der Waals surface area contributed by atoms with Crippen molar-refractivity contribution in [1.29, 1.82) is 0 Å². The lowest BCUT2D eigenvalue weighted by molar-refractivity contribution is -0.138. The van der Waals surface area contributed by atoms with Crippen LogP contribution >= 0.6 is 0 Å². The largest absolute Gasteiger partial charge is 0.358 e. The van der Waals surface area contributed by atoms with E-state index in [-0.39, 0.29) is 19.6 Å². The van der Waals surface area contributed by atoms with Crippen LogP contribution in [0.5, 0.6) is 0 Å². The van der Waals surface area contributed by atoms with Crippen LogP contribution in [-0.2, 0) is 39.4 Å². The zero-order valence-electron chi connectivity index (χ0n) is 22.4. The lowest BCUT2D eigenvalue weighted by Crippen LogP contribution is -2.69. The molecule has 41 heavy (non-hydrogen) atoms.